The molecule has 0 saturated carbocycles. The molecule has 21 heavy (non-hydrogen) atoms. The Labute approximate surface area is 128 Å². The lowest BCUT2D eigenvalue weighted by atomic mass is 10.2. The Bertz CT molecular complexity index is 868. The summed E-state index contributed by atoms with van der Waals surface area (Å²) in [5, 5.41) is 4.16. The lowest BCUT2D eigenvalue weighted by molar-refractivity contribution is 0.628. The molecule has 0 spiro atoms. The number of benzene rings is 1. The van der Waals surface area contributed by atoms with Crippen LogP contribution < -0.4 is 5.56 Å². The summed E-state index contributed by atoms with van der Waals surface area (Å²) in [6, 6.07) is 7.53. The van der Waals surface area contributed by atoms with Gasteiger partial charge in [-0.2, -0.15) is 4.52 Å². The van der Waals surface area contributed by atoms with Gasteiger partial charge in [-0.15, -0.1) is 5.10 Å². The zero-order chi connectivity index (χ0) is 14.8. The molecule has 2 aromatic heterocycles. The first-order valence-electron chi connectivity index (χ1n) is 6.04. The maximum atomic E-state index is 12.8. The molecule has 0 bridgehead atoms. The van der Waals surface area contributed by atoms with E-state index >= 15 is 0 Å². The topological polar surface area (TPSA) is 47.3 Å². The van der Waals surface area contributed by atoms with Crippen molar-refractivity contribution in [3.63, 3.8) is 0 Å². The number of hydrogen-bond donors (Lipinski definition) is 0. The van der Waals surface area contributed by atoms with Crippen molar-refractivity contribution < 1.29 is 4.39 Å². The molecule has 0 aliphatic carbocycles. The predicted molar refractivity (Wildman–Crippen MR) is 84.2 cm³/mol. The molecule has 0 amide bonds. The maximum Gasteiger partial charge on any atom is 0.275 e. The van der Waals surface area contributed by atoms with Gasteiger partial charge >= 0.3 is 0 Å². The van der Waals surface area contributed by atoms with Gasteiger partial charge in [0.15, 0.2) is 4.34 Å². The highest BCUT2D eigenvalue weighted by Gasteiger charge is 2.06. The lowest BCUT2D eigenvalue weighted by Gasteiger charge is -1.95. The molecule has 3 rings (SSSR count). The SMILES string of the molecule is CSc1nn2c(=O)cc(/C=C/c3ccc(F)cc3)nc2s1. The van der Waals surface area contributed by atoms with E-state index < -0.39 is 0 Å². The van der Waals surface area contributed by atoms with Crippen molar-refractivity contribution in [2.24, 2.45) is 0 Å². The van der Waals surface area contributed by atoms with Gasteiger partial charge in [-0.05, 0) is 30.0 Å². The second kappa shape index (κ2) is 5.79. The first kappa shape index (κ1) is 14.0. The molecule has 3 aromatic rings. The summed E-state index contributed by atoms with van der Waals surface area (Å²) >= 11 is 2.84. The van der Waals surface area contributed by atoms with Gasteiger partial charge in [0, 0.05) is 6.07 Å². The Morgan fingerprint density at radius 3 is 2.76 bits per heavy atom. The van der Waals surface area contributed by atoms with E-state index in [1.54, 1.807) is 24.3 Å². The van der Waals surface area contributed by atoms with Gasteiger partial charge < -0.3 is 0 Å². The smallest absolute Gasteiger partial charge is 0.267 e. The molecule has 0 radical (unpaired) electrons. The number of fused-ring (bicyclic) bond motifs is 1. The van der Waals surface area contributed by atoms with Gasteiger partial charge in [0.05, 0.1) is 5.69 Å². The summed E-state index contributed by atoms with van der Waals surface area (Å²) in [6.45, 7) is 0. The average Bonchev–Trinajstić information content (AvgIpc) is 2.90. The monoisotopic (exact) mass is 319 g/mol. The van der Waals surface area contributed by atoms with Gasteiger partial charge in [0.25, 0.3) is 5.56 Å². The van der Waals surface area contributed by atoms with Crippen LogP contribution in [0.25, 0.3) is 17.1 Å². The second-order valence-corrected chi connectivity index (χ2v) is 6.18. The molecule has 4 nitrogen and oxygen atoms in total. The highest BCUT2D eigenvalue weighted by atomic mass is 32.2. The Morgan fingerprint density at radius 2 is 2.05 bits per heavy atom. The molecule has 1 aromatic carbocycles. The van der Waals surface area contributed by atoms with E-state index in [0.717, 1.165) is 9.90 Å². The van der Waals surface area contributed by atoms with Crippen molar-refractivity contribution in [1.29, 1.82) is 0 Å². The van der Waals surface area contributed by atoms with Crippen molar-refractivity contribution in [2.75, 3.05) is 6.26 Å². The Kier molecular flexibility index (Phi) is 3.85. The van der Waals surface area contributed by atoms with Crippen LogP contribution >= 0.6 is 23.1 Å². The quantitative estimate of drug-likeness (QED) is 0.696. The molecule has 0 unspecified atom stereocenters. The van der Waals surface area contributed by atoms with E-state index in [-0.39, 0.29) is 11.4 Å². The van der Waals surface area contributed by atoms with Crippen molar-refractivity contribution >= 4 is 40.2 Å². The third-order valence-electron chi connectivity index (χ3n) is 2.74. The Balaban J connectivity index is 1.97. The molecule has 0 fully saturated rings. The van der Waals surface area contributed by atoms with Crippen molar-refractivity contribution in [2.45, 2.75) is 4.34 Å². The van der Waals surface area contributed by atoms with Gasteiger partial charge in [0.1, 0.15) is 5.82 Å². The summed E-state index contributed by atoms with van der Waals surface area (Å²) < 4.78 is 14.9. The summed E-state index contributed by atoms with van der Waals surface area (Å²) in [7, 11) is 0. The molecular weight excluding hydrogens is 309 g/mol. The first-order chi connectivity index (χ1) is 10.2. The summed E-state index contributed by atoms with van der Waals surface area (Å²) in [4.78, 5) is 16.9. The molecule has 0 N–H and O–H groups in total. The van der Waals surface area contributed by atoms with E-state index in [2.05, 4.69) is 10.1 Å². The van der Waals surface area contributed by atoms with Gasteiger partial charge in [-0.3, -0.25) is 4.79 Å². The van der Waals surface area contributed by atoms with Crippen molar-refractivity contribution in [1.82, 2.24) is 14.6 Å². The fourth-order valence-corrected chi connectivity index (χ4v) is 3.10. The highest BCUT2D eigenvalue weighted by molar-refractivity contribution is 8.00. The molecule has 0 aliphatic heterocycles. The zero-order valence-corrected chi connectivity index (χ0v) is 12.6. The normalized spacial score (nSPS) is 11.5. The predicted octanol–water partition coefficient (Wildman–Crippen LogP) is 3.18. The zero-order valence-electron chi connectivity index (χ0n) is 11.0. The third kappa shape index (κ3) is 3.03. The maximum absolute atomic E-state index is 12.8. The molecule has 106 valence electrons. The molecular formula is C14H10FN3OS2. The van der Waals surface area contributed by atoms with Crippen LogP contribution in [0.1, 0.15) is 11.3 Å². The number of aromatic nitrogens is 3. The number of nitrogens with zero attached hydrogens (tertiary/aromatic N) is 3. The Morgan fingerprint density at radius 1 is 1.29 bits per heavy atom. The summed E-state index contributed by atoms with van der Waals surface area (Å²) in [5.41, 5.74) is 1.18. The van der Waals surface area contributed by atoms with Gasteiger partial charge in [-0.1, -0.05) is 41.3 Å². The van der Waals surface area contributed by atoms with Crippen LogP contribution in [0.3, 0.4) is 0 Å². The average molecular weight is 319 g/mol. The molecule has 0 atom stereocenters. The summed E-state index contributed by atoms with van der Waals surface area (Å²) in [6.07, 6.45) is 5.42. The first-order valence-corrected chi connectivity index (χ1v) is 8.08. The standard InChI is InChI=1S/C14H10FN3OS2/c1-20-14-17-18-12(19)8-11(16-13(18)21-14)7-4-9-2-5-10(15)6-3-9/h2-8H,1H3/b7-4+. The summed E-state index contributed by atoms with van der Waals surface area (Å²) in [5.74, 6) is -0.279. The van der Waals surface area contributed by atoms with E-state index in [4.69, 9.17) is 0 Å². The van der Waals surface area contributed by atoms with Crippen molar-refractivity contribution in [3.8, 4) is 0 Å². The van der Waals surface area contributed by atoms with Crippen LogP contribution in [-0.4, -0.2) is 20.9 Å². The van der Waals surface area contributed by atoms with Crippen LogP contribution in [0, 0.1) is 5.82 Å². The number of thioether (sulfide) groups is 1. The molecule has 7 heteroatoms. The van der Waals surface area contributed by atoms with E-state index in [1.165, 1.54) is 45.8 Å². The van der Waals surface area contributed by atoms with Crippen molar-refractivity contribution in [3.05, 3.63) is 57.8 Å². The van der Waals surface area contributed by atoms with Gasteiger partial charge in [0.2, 0.25) is 4.96 Å². The van der Waals surface area contributed by atoms with Crippen LogP contribution in [0.4, 0.5) is 4.39 Å². The number of halogens is 1. The number of rotatable bonds is 3. The van der Waals surface area contributed by atoms with Crippen LogP contribution in [0.2, 0.25) is 0 Å². The molecule has 0 aliphatic rings. The largest absolute Gasteiger partial charge is 0.275 e. The fourth-order valence-electron chi connectivity index (χ4n) is 1.73. The molecule has 2 heterocycles. The fraction of sp³-hybridized carbons (Fsp3) is 0.0714. The van der Waals surface area contributed by atoms with E-state index in [9.17, 15) is 9.18 Å². The van der Waals surface area contributed by atoms with E-state index in [0.29, 0.717) is 10.7 Å². The highest BCUT2D eigenvalue weighted by Crippen LogP contribution is 2.20. The third-order valence-corrected chi connectivity index (χ3v) is 4.62. The van der Waals surface area contributed by atoms with E-state index in [1.807, 2.05) is 6.26 Å². The van der Waals surface area contributed by atoms with Crippen LogP contribution in [0.5, 0.6) is 0 Å². The minimum absolute atomic E-state index is 0.213. The van der Waals surface area contributed by atoms with Gasteiger partial charge in [-0.25, -0.2) is 9.37 Å². The Hall–Kier alpha value is -1.99. The lowest BCUT2D eigenvalue weighted by Crippen LogP contribution is -2.14. The molecule has 0 saturated heterocycles. The second-order valence-electron chi connectivity index (χ2n) is 4.17. The van der Waals surface area contributed by atoms with Crippen LogP contribution in [0.15, 0.2) is 39.5 Å². The minimum Gasteiger partial charge on any atom is -0.267 e. The number of hydrogen-bond acceptors (Lipinski definition) is 5. The van der Waals surface area contributed by atoms with Crippen LogP contribution in [-0.2, 0) is 0 Å². The minimum atomic E-state index is -0.279.